The van der Waals surface area contributed by atoms with Gasteiger partial charge in [-0.15, -0.1) is 11.3 Å². The van der Waals surface area contributed by atoms with Crippen LogP contribution in [0.5, 0.6) is 0 Å². The van der Waals surface area contributed by atoms with Crippen molar-refractivity contribution in [2.45, 2.75) is 19.1 Å². The summed E-state index contributed by atoms with van der Waals surface area (Å²) in [5, 5.41) is 8.84. The number of hydrogen-bond acceptors (Lipinski definition) is 5. The summed E-state index contributed by atoms with van der Waals surface area (Å²) in [6.07, 6.45) is 0.452. The summed E-state index contributed by atoms with van der Waals surface area (Å²) in [7, 11) is -1.69. The Morgan fingerprint density at radius 1 is 1.50 bits per heavy atom. The number of carboxylic acid groups (broad SMARTS) is 1. The highest BCUT2D eigenvalue weighted by Crippen LogP contribution is 2.23. The molecule has 0 saturated carbocycles. The Bertz CT molecular complexity index is 516. The summed E-state index contributed by atoms with van der Waals surface area (Å²) in [4.78, 5) is 11.7. The molecule has 0 amide bonds. The lowest BCUT2D eigenvalue weighted by Crippen LogP contribution is -2.11. The van der Waals surface area contributed by atoms with Crippen molar-refractivity contribution in [2.24, 2.45) is 0 Å². The molecule has 102 valence electrons. The molecule has 0 aliphatic heterocycles. The SMILES string of the molecule is COCCCS(=O)(=O)Cc1cc(C(=O)O)sc1C. The van der Waals surface area contributed by atoms with Gasteiger partial charge in [0.1, 0.15) is 4.88 Å². The van der Waals surface area contributed by atoms with Crippen LogP contribution < -0.4 is 0 Å². The second-order valence-corrected chi connectivity index (χ2v) is 7.38. The van der Waals surface area contributed by atoms with E-state index in [0.29, 0.717) is 18.6 Å². The lowest BCUT2D eigenvalue weighted by Gasteiger charge is -2.03. The van der Waals surface area contributed by atoms with Gasteiger partial charge in [-0.05, 0) is 25.0 Å². The van der Waals surface area contributed by atoms with Gasteiger partial charge in [-0.2, -0.15) is 0 Å². The summed E-state index contributed by atoms with van der Waals surface area (Å²) < 4.78 is 28.4. The van der Waals surface area contributed by atoms with E-state index >= 15 is 0 Å². The predicted octanol–water partition coefficient (Wildman–Crippen LogP) is 1.71. The van der Waals surface area contributed by atoms with Gasteiger partial charge in [-0.25, -0.2) is 13.2 Å². The minimum atomic E-state index is -3.21. The van der Waals surface area contributed by atoms with E-state index in [9.17, 15) is 13.2 Å². The average molecular weight is 292 g/mol. The van der Waals surface area contributed by atoms with Crippen LogP contribution in [0, 0.1) is 6.92 Å². The van der Waals surface area contributed by atoms with E-state index in [2.05, 4.69) is 0 Å². The van der Waals surface area contributed by atoms with Gasteiger partial charge in [0, 0.05) is 18.6 Å². The molecule has 7 heteroatoms. The largest absolute Gasteiger partial charge is 0.477 e. The van der Waals surface area contributed by atoms with Gasteiger partial charge < -0.3 is 9.84 Å². The normalized spacial score (nSPS) is 11.7. The molecule has 18 heavy (non-hydrogen) atoms. The van der Waals surface area contributed by atoms with Crippen molar-refractivity contribution in [2.75, 3.05) is 19.5 Å². The van der Waals surface area contributed by atoms with E-state index in [0.717, 1.165) is 16.2 Å². The van der Waals surface area contributed by atoms with Crippen LogP contribution in [0.4, 0.5) is 0 Å². The van der Waals surface area contributed by atoms with Crippen molar-refractivity contribution in [1.82, 2.24) is 0 Å². The maximum atomic E-state index is 11.8. The van der Waals surface area contributed by atoms with Crippen LogP contribution in [0.15, 0.2) is 6.07 Å². The number of carboxylic acids is 1. The molecule has 0 atom stereocenters. The molecular formula is C11H16O5S2. The fourth-order valence-electron chi connectivity index (χ4n) is 1.50. The highest BCUT2D eigenvalue weighted by atomic mass is 32.2. The molecule has 1 rings (SSSR count). The van der Waals surface area contributed by atoms with Gasteiger partial charge in [-0.1, -0.05) is 0 Å². The molecule has 1 aromatic rings. The van der Waals surface area contributed by atoms with Crippen molar-refractivity contribution >= 4 is 27.1 Å². The minimum absolute atomic E-state index is 0.0541. The van der Waals surface area contributed by atoms with Crippen molar-refractivity contribution < 1.29 is 23.1 Å². The van der Waals surface area contributed by atoms with Crippen LogP contribution in [-0.2, 0) is 20.3 Å². The smallest absolute Gasteiger partial charge is 0.345 e. The van der Waals surface area contributed by atoms with Crippen molar-refractivity contribution in [3.8, 4) is 0 Å². The predicted molar refractivity (Wildman–Crippen MR) is 70.0 cm³/mol. The van der Waals surface area contributed by atoms with Gasteiger partial charge in [0.05, 0.1) is 11.5 Å². The minimum Gasteiger partial charge on any atom is -0.477 e. The quantitative estimate of drug-likeness (QED) is 0.774. The summed E-state index contributed by atoms with van der Waals surface area (Å²) in [6, 6.07) is 1.44. The van der Waals surface area contributed by atoms with E-state index in [1.54, 1.807) is 6.92 Å². The van der Waals surface area contributed by atoms with Crippen molar-refractivity contribution in [1.29, 1.82) is 0 Å². The molecule has 0 unspecified atom stereocenters. The molecule has 5 nitrogen and oxygen atoms in total. The van der Waals surface area contributed by atoms with Crippen molar-refractivity contribution in [3.63, 3.8) is 0 Å². The molecule has 1 heterocycles. The lowest BCUT2D eigenvalue weighted by atomic mass is 10.3. The molecule has 0 aromatic carbocycles. The Morgan fingerprint density at radius 2 is 2.17 bits per heavy atom. The van der Waals surface area contributed by atoms with Crippen LogP contribution >= 0.6 is 11.3 Å². The van der Waals surface area contributed by atoms with Gasteiger partial charge in [0.2, 0.25) is 0 Å². The number of hydrogen-bond donors (Lipinski definition) is 1. The number of methoxy groups -OCH3 is 1. The average Bonchev–Trinajstić information content (AvgIpc) is 2.60. The standard InChI is InChI=1S/C11H16O5S2/c1-8-9(6-10(17-8)11(12)13)7-18(14,15)5-3-4-16-2/h6H,3-5,7H2,1-2H3,(H,12,13). The third-order valence-electron chi connectivity index (χ3n) is 2.41. The molecule has 0 aliphatic carbocycles. The van der Waals surface area contributed by atoms with Crippen molar-refractivity contribution in [3.05, 3.63) is 21.4 Å². The number of thiophene rings is 1. The molecule has 0 radical (unpaired) electrons. The number of carbonyl (C=O) groups is 1. The number of ether oxygens (including phenoxy) is 1. The Balaban J connectivity index is 2.74. The zero-order chi connectivity index (χ0) is 13.8. The van der Waals surface area contributed by atoms with Crippen LogP contribution in [0.1, 0.15) is 26.5 Å². The summed E-state index contributed by atoms with van der Waals surface area (Å²) in [5.74, 6) is -1.07. The van der Waals surface area contributed by atoms with E-state index < -0.39 is 15.8 Å². The molecule has 0 fully saturated rings. The third-order valence-corrected chi connectivity index (χ3v) is 5.15. The molecule has 0 spiro atoms. The van der Waals surface area contributed by atoms with E-state index in [1.165, 1.54) is 13.2 Å². The Morgan fingerprint density at radius 3 is 2.67 bits per heavy atom. The Hall–Kier alpha value is -0.920. The van der Waals surface area contributed by atoms with Gasteiger partial charge >= 0.3 is 5.97 Å². The zero-order valence-electron chi connectivity index (χ0n) is 10.3. The summed E-state index contributed by atoms with van der Waals surface area (Å²) in [6.45, 7) is 2.14. The molecular weight excluding hydrogens is 276 g/mol. The third kappa shape index (κ3) is 4.40. The molecule has 0 bridgehead atoms. The highest BCUT2D eigenvalue weighted by molar-refractivity contribution is 7.90. The molecule has 0 saturated heterocycles. The monoisotopic (exact) mass is 292 g/mol. The van der Waals surface area contributed by atoms with Gasteiger partial charge in [0.25, 0.3) is 0 Å². The first-order valence-electron chi connectivity index (χ1n) is 5.37. The topological polar surface area (TPSA) is 80.7 Å². The number of sulfone groups is 1. The van der Waals surface area contributed by atoms with E-state index in [1.807, 2.05) is 0 Å². The van der Waals surface area contributed by atoms with Gasteiger partial charge in [0.15, 0.2) is 9.84 Å². The first kappa shape index (κ1) is 15.1. The molecule has 0 aliphatic rings. The number of aryl methyl sites for hydroxylation is 1. The first-order valence-corrected chi connectivity index (χ1v) is 8.01. The summed E-state index contributed by atoms with van der Waals surface area (Å²) >= 11 is 1.10. The van der Waals surface area contributed by atoms with E-state index in [-0.39, 0.29) is 16.4 Å². The Labute approximate surface area is 110 Å². The maximum absolute atomic E-state index is 11.8. The lowest BCUT2D eigenvalue weighted by molar-refractivity contribution is 0.0702. The van der Waals surface area contributed by atoms with Crippen LogP contribution in [0.3, 0.4) is 0 Å². The fraction of sp³-hybridized carbons (Fsp3) is 0.545. The number of rotatable bonds is 7. The molecule has 1 aromatic heterocycles. The van der Waals surface area contributed by atoms with Gasteiger partial charge in [-0.3, -0.25) is 0 Å². The second kappa shape index (κ2) is 6.31. The second-order valence-electron chi connectivity index (χ2n) is 3.94. The maximum Gasteiger partial charge on any atom is 0.345 e. The number of aromatic carboxylic acids is 1. The van der Waals surface area contributed by atoms with Crippen LogP contribution in [-0.4, -0.2) is 39.0 Å². The van der Waals surface area contributed by atoms with E-state index in [4.69, 9.17) is 9.84 Å². The highest BCUT2D eigenvalue weighted by Gasteiger charge is 2.17. The fourth-order valence-corrected chi connectivity index (χ4v) is 3.95. The molecule has 1 N–H and O–H groups in total. The van der Waals surface area contributed by atoms with Crippen LogP contribution in [0.2, 0.25) is 0 Å². The first-order chi connectivity index (χ1) is 8.35. The Kier molecular flexibility index (Phi) is 5.30. The van der Waals surface area contributed by atoms with Crippen LogP contribution in [0.25, 0.3) is 0 Å². The summed E-state index contributed by atoms with van der Waals surface area (Å²) in [5.41, 5.74) is 0.579. The zero-order valence-corrected chi connectivity index (χ0v) is 11.9.